The summed E-state index contributed by atoms with van der Waals surface area (Å²) in [5.41, 5.74) is -2.08. The largest absolute Gasteiger partial charge is 0.459 e. The highest BCUT2D eigenvalue weighted by Gasteiger charge is 2.53. The number of hydrogen-bond donors (Lipinski definition) is 3. The van der Waals surface area contributed by atoms with E-state index in [4.69, 9.17) is 35.3 Å². The number of amides is 1. The minimum Gasteiger partial charge on any atom is -0.459 e. The summed E-state index contributed by atoms with van der Waals surface area (Å²) in [5, 5.41) is 35.0. The molecule has 324 valence electrons. The highest BCUT2D eigenvalue weighted by Crippen LogP contribution is 2.39. The number of benzene rings is 1. The maximum atomic E-state index is 14.4. The average molecular weight is 836 g/mol. The van der Waals surface area contributed by atoms with Crippen molar-refractivity contribution in [2.75, 3.05) is 27.7 Å². The van der Waals surface area contributed by atoms with Gasteiger partial charge in [-0.1, -0.05) is 56.6 Å². The molecule has 2 saturated heterocycles. The number of methoxy groups -OCH3 is 1. The summed E-state index contributed by atoms with van der Waals surface area (Å²) < 4.78 is 31.9. The van der Waals surface area contributed by atoms with Crippen molar-refractivity contribution in [3.8, 4) is 11.3 Å². The molecule has 2 fully saturated rings. The molecule has 16 nitrogen and oxygen atoms in total. The maximum Gasteiger partial charge on any atom is 0.407 e. The molecule has 0 unspecified atom stereocenters. The van der Waals surface area contributed by atoms with Crippen LogP contribution in [0.3, 0.4) is 0 Å². The van der Waals surface area contributed by atoms with Gasteiger partial charge in [-0.15, -0.1) is 5.10 Å². The van der Waals surface area contributed by atoms with Gasteiger partial charge in [0.05, 0.1) is 36.5 Å². The molecule has 1 amide bonds. The van der Waals surface area contributed by atoms with Crippen molar-refractivity contribution in [2.24, 2.45) is 23.7 Å². The van der Waals surface area contributed by atoms with Gasteiger partial charge in [0.25, 0.3) is 0 Å². The Labute approximate surface area is 346 Å². The lowest BCUT2D eigenvalue weighted by molar-refractivity contribution is -0.295. The Morgan fingerprint density at radius 2 is 1.76 bits per heavy atom. The second-order valence-electron chi connectivity index (χ2n) is 16.5. The summed E-state index contributed by atoms with van der Waals surface area (Å²) in [6, 6.07) is 6.84. The molecule has 3 heterocycles. The zero-order chi connectivity index (χ0) is 43.3. The molecule has 0 aliphatic carbocycles. The molecule has 2 aliphatic heterocycles. The topological polar surface area (TPSA) is 201 Å². The SMILES string of the molecule is CC[C@H]1OC(=O)[C@H](C)C(=O)[C@H](C)[C@@H](O[C@H]2O[C@@H](C)C[C@@H](N(C)C)[C@@H]2O)[C@](C)(OC)C[C@@H](C)C(=O)[C@H](C)[C@@H](OC(=O)NCCn2cc(-c3cccc(Cl)c3)nn2)[C@]1(C)O. The quantitative estimate of drug-likeness (QED) is 0.229. The van der Waals surface area contributed by atoms with Gasteiger partial charge in [0, 0.05) is 42.1 Å². The third-order valence-electron chi connectivity index (χ3n) is 11.8. The lowest BCUT2D eigenvalue weighted by Crippen LogP contribution is -2.60. The monoisotopic (exact) mass is 835 g/mol. The number of Topliss-reactive ketones (excluding diaryl/α,β-unsaturated/α-hetero) is 2. The molecule has 17 heteroatoms. The molecule has 0 saturated carbocycles. The number of halogens is 1. The van der Waals surface area contributed by atoms with Crippen LogP contribution in [0.15, 0.2) is 30.5 Å². The number of aromatic nitrogens is 3. The van der Waals surface area contributed by atoms with E-state index in [1.807, 2.05) is 32.0 Å². The van der Waals surface area contributed by atoms with Gasteiger partial charge in [-0.2, -0.15) is 0 Å². The Kier molecular flexibility index (Phi) is 16.0. The number of rotatable bonds is 10. The number of alkyl carbamates (subject to hydrolysis) is 1. The molecule has 0 radical (unpaired) electrons. The van der Waals surface area contributed by atoms with Crippen LogP contribution in [0.4, 0.5) is 4.79 Å². The van der Waals surface area contributed by atoms with E-state index in [0.717, 1.165) is 5.56 Å². The number of carbonyl (C=O) groups excluding carboxylic acids is 4. The van der Waals surface area contributed by atoms with Crippen LogP contribution in [-0.4, -0.2) is 136 Å². The number of hydrogen-bond acceptors (Lipinski definition) is 14. The Bertz CT molecular complexity index is 1740. The van der Waals surface area contributed by atoms with E-state index in [0.29, 0.717) is 17.1 Å². The van der Waals surface area contributed by atoms with E-state index >= 15 is 0 Å². The predicted molar refractivity (Wildman–Crippen MR) is 214 cm³/mol. The highest BCUT2D eigenvalue weighted by molar-refractivity contribution is 6.30. The van der Waals surface area contributed by atoms with Crippen LogP contribution in [0.25, 0.3) is 11.3 Å². The first-order valence-corrected chi connectivity index (χ1v) is 20.3. The second-order valence-corrected chi connectivity index (χ2v) is 17.0. The van der Waals surface area contributed by atoms with Crippen molar-refractivity contribution >= 4 is 35.2 Å². The molecule has 4 rings (SSSR count). The lowest BCUT2D eigenvalue weighted by Gasteiger charge is -2.47. The first kappa shape index (κ1) is 47.2. The second kappa shape index (κ2) is 19.7. The summed E-state index contributed by atoms with van der Waals surface area (Å²) in [6.45, 7) is 13.1. The predicted octanol–water partition coefficient (Wildman–Crippen LogP) is 4.07. The van der Waals surface area contributed by atoms with E-state index in [9.17, 15) is 29.4 Å². The number of nitrogens with zero attached hydrogens (tertiary/aromatic N) is 4. The molecule has 13 atom stereocenters. The van der Waals surface area contributed by atoms with Crippen molar-refractivity contribution in [1.82, 2.24) is 25.2 Å². The first-order chi connectivity index (χ1) is 27.1. The van der Waals surface area contributed by atoms with Gasteiger partial charge in [-0.25, -0.2) is 4.79 Å². The fraction of sp³-hybridized carbons (Fsp3) is 0.707. The zero-order valence-electron chi connectivity index (χ0n) is 35.5. The molecule has 58 heavy (non-hydrogen) atoms. The minimum absolute atomic E-state index is 0.0105. The number of ketones is 2. The van der Waals surface area contributed by atoms with E-state index in [1.54, 1.807) is 59.0 Å². The third-order valence-corrected chi connectivity index (χ3v) is 12.0. The molecule has 0 bridgehead atoms. The van der Waals surface area contributed by atoms with Gasteiger partial charge in [0.15, 0.2) is 12.1 Å². The number of aliphatic hydroxyl groups is 2. The maximum absolute atomic E-state index is 14.4. The van der Waals surface area contributed by atoms with Gasteiger partial charge in [-0.05, 0) is 73.2 Å². The first-order valence-electron chi connectivity index (χ1n) is 20.0. The zero-order valence-corrected chi connectivity index (χ0v) is 36.3. The normalized spacial score (nSPS) is 35.6. The van der Waals surface area contributed by atoms with Gasteiger partial charge >= 0.3 is 12.1 Å². The lowest BCUT2D eigenvalue weighted by atomic mass is 9.74. The van der Waals surface area contributed by atoms with Crippen LogP contribution in [0.5, 0.6) is 0 Å². The summed E-state index contributed by atoms with van der Waals surface area (Å²) in [6.07, 6.45) is -5.09. The molecule has 2 aromatic rings. The van der Waals surface area contributed by atoms with Crippen LogP contribution < -0.4 is 5.32 Å². The molecule has 1 aromatic carbocycles. The number of nitrogens with one attached hydrogen (secondary N) is 1. The van der Waals surface area contributed by atoms with Crippen molar-refractivity contribution in [2.45, 2.75) is 135 Å². The van der Waals surface area contributed by atoms with Crippen LogP contribution in [0.2, 0.25) is 5.02 Å². The summed E-state index contributed by atoms with van der Waals surface area (Å²) in [7, 11) is 5.12. The number of aliphatic hydroxyl groups excluding tert-OH is 1. The summed E-state index contributed by atoms with van der Waals surface area (Å²) in [5.74, 6) is -6.11. The van der Waals surface area contributed by atoms with Crippen LogP contribution in [0, 0.1) is 23.7 Å². The van der Waals surface area contributed by atoms with Gasteiger partial charge in [0.1, 0.15) is 41.3 Å². The van der Waals surface area contributed by atoms with Crippen molar-refractivity contribution < 1.29 is 53.1 Å². The Morgan fingerprint density at radius 3 is 2.38 bits per heavy atom. The van der Waals surface area contributed by atoms with Crippen LogP contribution >= 0.6 is 11.6 Å². The summed E-state index contributed by atoms with van der Waals surface area (Å²) in [4.78, 5) is 57.6. The van der Waals surface area contributed by atoms with E-state index < -0.39 is 89.2 Å². The van der Waals surface area contributed by atoms with Crippen LogP contribution in [0.1, 0.15) is 74.7 Å². The van der Waals surface area contributed by atoms with Crippen molar-refractivity contribution in [1.29, 1.82) is 0 Å². The minimum atomic E-state index is -2.09. The Balaban J connectivity index is 1.62. The number of likely N-dealkylation sites (N-methyl/N-ethyl adjacent to an activating group) is 1. The highest BCUT2D eigenvalue weighted by atomic mass is 35.5. The molecule has 2 aliphatic rings. The van der Waals surface area contributed by atoms with Gasteiger partial charge in [-0.3, -0.25) is 19.1 Å². The van der Waals surface area contributed by atoms with E-state index in [1.165, 1.54) is 25.6 Å². The molecule has 1 aromatic heterocycles. The number of carbonyl (C=O) groups is 4. The Hall–Kier alpha value is -3.51. The number of esters is 1. The van der Waals surface area contributed by atoms with Gasteiger partial charge in [0.2, 0.25) is 0 Å². The van der Waals surface area contributed by atoms with Crippen molar-refractivity contribution in [3.05, 3.63) is 35.5 Å². The van der Waals surface area contributed by atoms with Crippen LogP contribution in [-0.2, 0) is 44.6 Å². The molecular formula is C41H62ClN5O11. The number of ether oxygens (including phenoxy) is 5. The molecule has 0 spiro atoms. The fourth-order valence-corrected chi connectivity index (χ4v) is 8.45. The molecule has 3 N–H and O–H groups in total. The third kappa shape index (κ3) is 10.8. The van der Waals surface area contributed by atoms with Gasteiger partial charge < -0.3 is 44.1 Å². The standard InChI is InChI=1S/C41H62ClN5O11/c1-12-31-41(8,53)36(58-39(52)43-16-17-47-21-29(44-45-47)27-14-13-15-28(42)19-27)24(4)32(48)22(2)20-40(7,54-11)35(25(5)33(49)26(6)37(51)56-31)57-38-34(50)30(46(9)10)18-23(3)55-38/h13-15,19,21-26,30-31,34-36,38,50,53H,12,16-18,20H2,1-11H3,(H,43,52)/t22-,23+,24+,25+,26-,30-,31-,34+,35-,36-,38-,40-,41-/m1/s1. The number of cyclic esters (lactones) is 1. The Morgan fingerprint density at radius 1 is 1.09 bits per heavy atom. The van der Waals surface area contributed by atoms with Crippen molar-refractivity contribution in [3.63, 3.8) is 0 Å². The smallest absolute Gasteiger partial charge is 0.407 e. The van der Waals surface area contributed by atoms with E-state index in [2.05, 4.69) is 15.6 Å². The van der Waals surface area contributed by atoms with E-state index in [-0.39, 0.29) is 38.1 Å². The molecular weight excluding hydrogens is 774 g/mol. The average Bonchev–Trinajstić information content (AvgIpc) is 3.65. The fourth-order valence-electron chi connectivity index (χ4n) is 8.26. The summed E-state index contributed by atoms with van der Waals surface area (Å²) >= 11 is 6.12.